The average molecular weight is 295 g/mol. The molecule has 1 fully saturated rings. The standard InChI is InChI=1S/C13H21N5O3/c1-3-17-4-5-21-11(9-17)8-15-13-7-10(18(19)20)6-12(14-2)16-13/h6-7,11H,3-5,8-9H2,1-2H3,(H2,14,15,16). The number of hydrogen-bond acceptors (Lipinski definition) is 7. The summed E-state index contributed by atoms with van der Waals surface area (Å²) in [6.07, 6.45) is 0.0674. The lowest BCUT2D eigenvalue weighted by Crippen LogP contribution is -2.45. The molecule has 1 aliphatic heterocycles. The molecule has 1 aromatic heterocycles. The van der Waals surface area contributed by atoms with Gasteiger partial charge in [-0.15, -0.1) is 0 Å². The van der Waals surface area contributed by atoms with E-state index in [1.807, 2.05) is 0 Å². The van der Waals surface area contributed by atoms with Crippen LogP contribution in [0.1, 0.15) is 6.92 Å². The molecule has 0 amide bonds. The number of rotatable bonds is 6. The highest BCUT2D eigenvalue weighted by Gasteiger charge is 2.19. The molecule has 0 bridgehead atoms. The second-order valence-electron chi connectivity index (χ2n) is 4.87. The second-order valence-corrected chi connectivity index (χ2v) is 4.87. The smallest absolute Gasteiger partial charge is 0.276 e. The molecule has 1 saturated heterocycles. The highest BCUT2D eigenvalue weighted by Crippen LogP contribution is 2.20. The first-order valence-corrected chi connectivity index (χ1v) is 7.04. The molecule has 2 N–H and O–H groups in total. The molecule has 8 heteroatoms. The van der Waals surface area contributed by atoms with Crippen molar-refractivity contribution < 1.29 is 9.66 Å². The zero-order valence-electron chi connectivity index (χ0n) is 12.3. The first-order valence-electron chi connectivity index (χ1n) is 7.04. The van der Waals surface area contributed by atoms with Gasteiger partial charge in [0.15, 0.2) is 0 Å². The highest BCUT2D eigenvalue weighted by molar-refractivity contribution is 5.54. The third-order valence-electron chi connectivity index (χ3n) is 3.46. The first-order chi connectivity index (χ1) is 10.1. The lowest BCUT2D eigenvalue weighted by molar-refractivity contribution is -0.384. The molecule has 2 heterocycles. The topological polar surface area (TPSA) is 92.6 Å². The summed E-state index contributed by atoms with van der Waals surface area (Å²) < 4.78 is 5.68. The summed E-state index contributed by atoms with van der Waals surface area (Å²) in [5, 5.41) is 16.8. The summed E-state index contributed by atoms with van der Waals surface area (Å²) in [5.41, 5.74) is 0.0107. The normalized spacial score (nSPS) is 19.2. The summed E-state index contributed by atoms with van der Waals surface area (Å²) in [5.74, 6) is 0.942. The molecule has 1 unspecified atom stereocenters. The van der Waals surface area contributed by atoms with Crippen LogP contribution in [0.2, 0.25) is 0 Å². The average Bonchev–Trinajstić information content (AvgIpc) is 2.52. The van der Waals surface area contributed by atoms with E-state index < -0.39 is 4.92 Å². The third kappa shape index (κ3) is 4.27. The maximum atomic E-state index is 10.9. The summed E-state index contributed by atoms with van der Waals surface area (Å²) in [7, 11) is 1.68. The quantitative estimate of drug-likeness (QED) is 0.601. The van der Waals surface area contributed by atoms with Crippen LogP contribution in [0.15, 0.2) is 12.1 Å². The molecule has 0 aromatic carbocycles. The van der Waals surface area contributed by atoms with Crippen LogP contribution in [0.25, 0.3) is 0 Å². The monoisotopic (exact) mass is 295 g/mol. The Morgan fingerprint density at radius 3 is 2.95 bits per heavy atom. The van der Waals surface area contributed by atoms with Gasteiger partial charge in [-0.2, -0.15) is 0 Å². The van der Waals surface area contributed by atoms with E-state index in [0.717, 1.165) is 19.6 Å². The van der Waals surface area contributed by atoms with Crippen LogP contribution < -0.4 is 10.6 Å². The van der Waals surface area contributed by atoms with Crippen LogP contribution in [0, 0.1) is 10.1 Å². The maximum Gasteiger partial charge on any atom is 0.276 e. The van der Waals surface area contributed by atoms with E-state index in [4.69, 9.17) is 4.74 Å². The van der Waals surface area contributed by atoms with E-state index in [0.29, 0.717) is 24.8 Å². The molecule has 8 nitrogen and oxygen atoms in total. The zero-order valence-corrected chi connectivity index (χ0v) is 12.3. The fourth-order valence-electron chi connectivity index (χ4n) is 2.25. The number of morpholine rings is 1. The Kier molecular flexibility index (Phi) is 5.29. The van der Waals surface area contributed by atoms with Gasteiger partial charge in [0.2, 0.25) is 0 Å². The Balaban J connectivity index is 1.99. The van der Waals surface area contributed by atoms with Crippen LogP contribution >= 0.6 is 0 Å². The lowest BCUT2D eigenvalue weighted by atomic mass is 10.2. The molecular formula is C13H21N5O3. The molecule has 1 aliphatic rings. The summed E-state index contributed by atoms with van der Waals surface area (Å²) >= 11 is 0. The van der Waals surface area contributed by atoms with Gasteiger partial charge in [-0.3, -0.25) is 15.0 Å². The molecular weight excluding hydrogens is 274 g/mol. The van der Waals surface area contributed by atoms with E-state index in [1.54, 1.807) is 7.05 Å². The van der Waals surface area contributed by atoms with Crippen molar-refractivity contribution in [2.24, 2.45) is 0 Å². The molecule has 2 rings (SSSR count). The van der Waals surface area contributed by atoms with Gasteiger partial charge in [0.1, 0.15) is 11.6 Å². The van der Waals surface area contributed by atoms with E-state index in [2.05, 4.69) is 27.4 Å². The van der Waals surface area contributed by atoms with Crippen molar-refractivity contribution >= 4 is 17.3 Å². The molecule has 21 heavy (non-hydrogen) atoms. The van der Waals surface area contributed by atoms with E-state index >= 15 is 0 Å². The zero-order chi connectivity index (χ0) is 15.2. The van der Waals surface area contributed by atoms with Crippen LogP contribution in [0.5, 0.6) is 0 Å². The van der Waals surface area contributed by atoms with E-state index in [9.17, 15) is 10.1 Å². The lowest BCUT2D eigenvalue weighted by Gasteiger charge is -2.32. The van der Waals surface area contributed by atoms with E-state index in [1.165, 1.54) is 12.1 Å². The van der Waals surface area contributed by atoms with Gasteiger partial charge in [0.05, 0.1) is 29.8 Å². The highest BCUT2D eigenvalue weighted by atomic mass is 16.6. The van der Waals surface area contributed by atoms with Crippen molar-refractivity contribution in [1.82, 2.24) is 9.88 Å². The minimum Gasteiger partial charge on any atom is -0.374 e. The van der Waals surface area contributed by atoms with Crippen molar-refractivity contribution in [2.45, 2.75) is 13.0 Å². The van der Waals surface area contributed by atoms with E-state index in [-0.39, 0.29) is 11.8 Å². The molecule has 0 spiro atoms. The van der Waals surface area contributed by atoms with Crippen molar-refractivity contribution in [3.05, 3.63) is 22.2 Å². The van der Waals surface area contributed by atoms with Crippen molar-refractivity contribution in [3.8, 4) is 0 Å². The molecule has 116 valence electrons. The minimum absolute atomic E-state index is 0.0107. The van der Waals surface area contributed by atoms with Gasteiger partial charge in [0, 0.05) is 26.7 Å². The Morgan fingerprint density at radius 1 is 1.52 bits per heavy atom. The fraction of sp³-hybridized carbons (Fsp3) is 0.615. The van der Waals surface area contributed by atoms with Gasteiger partial charge >= 0.3 is 0 Å². The number of anilines is 2. The predicted molar refractivity (Wildman–Crippen MR) is 80.8 cm³/mol. The van der Waals surface area contributed by atoms with Crippen LogP contribution in [-0.4, -0.2) is 60.7 Å². The molecule has 0 saturated carbocycles. The Hall–Kier alpha value is -1.93. The largest absolute Gasteiger partial charge is 0.374 e. The third-order valence-corrected chi connectivity index (χ3v) is 3.46. The molecule has 0 aliphatic carbocycles. The SMILES string of the molecule is CCN1CCOC(CNc2cc([N+](=O)[O-])cc(NC)n2)C1. The molecule has 1 atom stereocenters. The predicted octanol–water partition coefficient (Wildman–Crippen LogP) is 1.16. The Labute approximate surface area is 123 Å². The van der Waals surface area contributed by atoms with Gasteiger partial charge in [-0.1, -0.05) is 6.92 Å². The van der Waals surface area contributed by atoms with Crippen LogP contribution in [0.4, 0.5) is 17.3 Å². The number of pyridine rings is 1. The first kappa shape index (κ1) is 15.5. The number of hydrogen-bond donors (Lipinski definition) is 2. The number of nitrogens with one attached hydrogen (secondary N) is 2. The molecule has 1 aromatic rings. The van der Waals surface area contributed by atoms with Gasteiger partial charge in [-0.05, 0) is 6.54 Å². The van der Waals surface area contributed by atoms with Crippen LogP contribution in [0.3, 0.4) is 0 Å². The van der Waals surface area contributed by atoms with Gasteiger partial charge in [-0.25, -0.2) is 4.98 Å². The van der Waals surface area contributed by atoms with Crippen LogP contribution in [-0.2, 0) is 4.74 Å². The Bertz CT molecular complexity index is 497. The number of nitro groups is 1. The maximum absolute atomic E-state index is 10.9. The summed E-state index contributed by atoms with van der Waals surface area (Å²) in [4.78, 5) is 17.1. The number of likely N-dealkylation sites (N-methyl/N-ethyl adjacent to an activating group) is 1. The minimum atomic E-state index is -0.427. The number of aromatic nitrogens is 1. The number of nitrogens with zero attached hydrogens (tertiary/aromatic N) is 3. The van der Waals surface area contributed by atoms with Gasteiger partial charge in [0.25, 0.3) is 5.69 Å². The van der Waals surface area contributed by atoms with Crippen molar-refractivity contribution in [3.63, 3.8) is 0 Å². The van der Waals surface area contributed by atoms with Crippen molar-refractivity contribution in [1.29, 1.82) is 0 Å². The summed E-state index contributed by atoms with van der Waals surface area (Å²) in [6, 6.07) is 2.84. The van der Waals surface area contributed by atoms with Crippen molar-refractivity contribution in [2.75, 3.05) is 50.5 Å². The number of ether oxygens (including phenoxy) is 1. The Morgan fingerprint density at radius 2 is 2.29 bits per heavy atom. The fourth-order valence-corrected chi connectivity index (χ4v) is 2.25. The molecule has 0 radical (unpaired) electrons. The summed E-state index contributed by atoms with van der Waals surface area (Å²) in [6.45, 7) is 6.22. The van der Waals surface area contributed by atoms with Gasteiger partial charge < -0.3 is 15.4 Å². The second kappa shape index (κ2) is 7.19.